The second kappa shape index (κ2) is 6.60. The molecular formula is C11H17N5O3S. The highest BCUT2D eigenvalue weighted by molar-refractivity contribution is 7.99. The summed E-state index contributed by atoms with van der Waals surface area (Å²) in [6, 6.07) is 0.148. The summed E-state index contributed by atoms with van der Waals surface area (Å²) < 4.78 is 1.40. The maximum atomic E-state index is 12.0. The van der Waals surface area contributed by atoms with Crippen LogP contribution in [0.15, 0.2) is 6.20 Å². The molecule has 1 unspecified atom stereocenters. The number of amides is 2. The van der Waals surface area contributed by atoms with Gasteiger partial charge in [-0.05, 0) is 6.92 Å². The van der Waals surface area contributed by atoms with E-state index in [1.807, 2.05) is 23.6 Å². The quantitative estimate of drug-likeness (QED) is 0.819. The Morgan fingerprint density at radius 1 is 1.60 bits per heavy atom. The number of aromatic nitrogens is 3. The lowest BCUT2D eigenvalue weighted by Crippen LogP contribution is -2.49. The lowest BCUT2D eigenvalue weighted by atomic mass is 10.3. The van der Waals surface area contributed by atoms with E-state index in [9.17, 15) is 9.59 Å². The Morgan fingerprint density at radius 2 is 2.40 bits per heavy atom. The summed E-state index contributed by atoms with van der Waals surface area (Å²) in [6.07, 6.45) is 1.34. The van der Waals surface area contributed by atoms with Gasteiger partial charge in [-0.15, -0.1) is 5.10 Å². The smallest absolute Gasteiger partial charge is 0.358 e. The molecule has 2 N–H and O–H groups in total. The molecule has 2 amide bonds. The highest BCUT2D eigenvalue weighted by Crippen LogP contribution is 2.15. The van der Waals surface area contributed by atoms with Crippen molar-refractivity contribution >= 4 is 23.8 Å². The monoisotopic (exact) mass is 299 g/mol. The standard InChI is InChI=1S/C11H17N5O3S/c1-8-7-20-5-4-16(8)11(19)12-2-3-15-6-9(10(17)18)13-14-15/h6,8H,2-5,7H2,1H3,(H,12,19)(H,17,18). The van der Waals surface area contributed by atoms with Gasteiger partial charge in [0, 0.05) is 30.6 Å². The molecule has 1 aliphatic rings. The third-order valence-corrected chi connectivity index (χ3v) is 4.19. The SMILES string of the molecule is CC1CSCCN1C(=O)NCCn1cc(C(=O)O)nn1. The van der Waals surface area contributed by atoms with Crippen LogP contribution in [0.25, 0.3) is 0 Å². The maximum absolute atomic E-state index is 12.0. The van der Waals surface area contributed by atoms with Gasteiger partial charge in [-0.1, -0.05) is 5.21 Å². The van der Waals surface area contributed by atoms with Gasteiger partial charge in [0.25, 0.3) is 0 Å². The molecule has 0 saturated carbocycles. The number of urea groups is 1. The Kier molecular flexibility index (Phi) is 4.83. The van der Waals surface area contributed by atoms with Crippen molar-refractivity contribution in [2.45, 2.75) is 19.5 Å². The summed E-state index contributed by atoms with van der Waals surface area (Å²) in [7, 11) is 0. The van der Waals surface area contributed by atoms with E-state index in [1.165, 1.54) is 10.9 Å². The summed E-state index contributed by atoms with van der Waals surface area (Å²) in [4.78, 5) is 24.4. The van der Waals surface area contributed by atoms with Crippen LogP contribution < -0.4 is 5.32 Å². The van der Waals surface area contributed by atoms with Gasteiger partial charge in [-0.3, -0.25) is 0 Å². The van der Waals surface area contributed by atoms with Gasteiger partial charge >= 0.3 is 12.0 Å². The molecule has 9 heteroatoms. The van der Waals surface area contributed by atoms with Crippen LogP contribution >= 0.6 is 11.8 Å². The molecule has 2 heterocycles. The van der Waals surface area contributed by atoms with E-state index < -0.39 is 5.97 Å². The van der Waals surface area contributed by atoms with Crippen molar-refractivity contribution in [3.05, 3.63) is 11.9 Å². The van der Waals surface area contributed by atoms with Gasteiger partial charge in [0.15, 0.2) is 5.69 Å². The number of hydrogen-bond donors (Lipinski definition) is 2. The Bertz CT molecular complexity index is 492. The molecule has 0 aliphatic carbocycles. The number of carbonyl (C=O) groups excluding carboxylic acids is 1. The fourth-order valence-corrected chi connectivity index (χ4v) is 2.93. The molecule has 0 aromatic carbocycles. The second-order valence-electron chi connectivity index (χ2n) is 4.52. The first-order chi connectivity index (χ1) is 9.58. The molecule has 0 bridgehead atoms. The van der Waals surface area contributed by atoms with E-state index in [2.05, 4.69) is 15.6 Å². The number of carboxylic acids is 1. The van der Waals surface area contributed by atoms with Gasteiger partial charge in [-0.25, -0.2) is 14.3 Å². The average Bonchev–Trinajstić information content (AvgIpc) is 2.88. The average molecular weight is 299 g/mol. The molecule has 2 rings (SSSR count). The number of nitrogens with zero attached hydrogens (tertiary/aromatic N) is 4. The molecule has 0 radical (unpaired) electrons. The van der Waals surface area contributed by atoms with Gasteiger partial charge < -0.3 is 15.3 Å². The summed E-state index contributed by atoms with van der Waals surface area (Å²) in [5.41, 5.74) is -0.0991. The Balaban J connectivity index is 1.77. The van der Waals surface area contributed by atoms with Gasteiger partial charge in [0.05, 0.1) is 12.7 Å². The maximum Gasteiger partial charge on any atom is 0.358 e. The number of carbonyl (C=O) groups is 2. The number of hydrogen-bond acceptors (Lipinski definition) is 5. The van der Waals surface area contributed by atoms with Crippen LogP contribution in [0.3, 0.4) is 0 Å². The second-order valence-corrected chi connectivity index (χ2v) is 5.67. The zero-order chi connectivity index (χ0) is 14.5. The summed E-state index contributed by atoms with van der Waals surface area (Å²) in [5, 5.41) is 18.7. The van der Waals surface area contributed by atoms with E-state index in [4.69, 9.17) is 5.11 Å². The molecule has 8 nitrogen and oxygen atoms in total. The molecule has 1 fully saturated rings. The zero-order valence-electron chi connectivity index (χ0n) is 11.2. The van der Waals surface area contributed by atoms with Crippen LogP contribution in [0.5, 0.6) is 0 Å². The highest BCUT2D eigenvalue weighted by atomic mass is 32.2. The lowest BCUT2D eigenvalue weighted by Gasteiger charge is -2.33. The molecule has 20 heavy (non-hydrogen) atoms. The Morgan fingerprint density at radius 3 is 3.05 bits per heavy atom. The van der Waals surface area contributed by atoms with Crippen molar-refractivity contribution < 1.29 is 14.7 Å². The van der Waals surface area contributed by atoms with Crippen LogP contribution in [-0.4, -0.2) is 67.6 Å². The van der Waals surface area contributed by atoms with Crippen molar-refractivity contribution in [3.63, 3.8) is 0 Å². The minimum atomic E-state index is -1.11. The van der Waals surface area contributed by atoms with E-state index in [0.717, 1.165) is 18.1 Å². The third-order valence-electron chi connectivity index (χ3n) is 3.00. The summed E-state index contributed by atoms with van der Waals surface area (Å²) >= 11 is 1.85. The predicted molar refractivity (Wildman–Crippen MR) is 73.9 cm³/mol. The molecule has 1 aromatic rings. The number of thioether (sulfide) groups is 1. The Hall–Kier alpha value is -1.77. The number of carboxylic acid groups (broad SMARTS) is 1. The minimum Gasteiger partial charge on any atom is -0.476 e. The zero-order valence-corrected chi connectivity index (χ0v) is 12.0. The first kappa shape index (κ1) is 14.6. The van der Waals surface area contributed by atoms with E-state index >= 15 is 0 Å². The minimum absolute atomic E-state index is 0.0867. The molecule has 0 spiro atoms. The van der Waals surface area contributed by atoms with Crippen LogP contribution in [0.4, 0.5) is 4.79 Å². The molecule has 1 saturated heterocycles. The normalized spacial score (nSPS) is 18.9. The molecule has 110 valence electrons. The van der Waals surface area contributed by atoms with E-state index in [1.54, 1.807) is 0 Å². The third kappa shape index (κ3) is 3.62. The van der Waals surface area contributed by atoms with Crippen molar-refractivity contribution in [3.8, 4) is 0 Å². The highest BCUT2D eigenvalue weighted by Gasteiger charge is 2.22. The van der Waals surface area contributed by atoms with Crippen LogP contribution in [-0.2, 0) is 6.54 Å². The van der Waals surface area contributed by atoms with Crippen LogP contribution in [0, 0.1) is 0 Å². The molecule has 1 atom stereocenters. The van der Waals surface area contributed by atoms with Crippen molar-refractivity contribution in [2.75, 3.05) is 24.6 Å². The topological polar surface area (TPSA) is 100 Å². The van der Waals surface area contributed by atoms with Gasteiger partial charge in [0.2, 0.25) is 0 Å². The van der Waals surface area contributed by atoms with Crippen LogP contribution in [0.1, 0.15) is 17.4 Å². The lowest BCUT2D eigenvalue weighted by molar-refractivity contribution is 0.0690. The van der Waals surface area contributed by atoms with Crippen molar-refractivity contribution in [2.24, 2.45) is 0 Å². The fourth-order valence-electron chi connectivity index (χ4n) is 1.91. The first-order valence-electron chi connectivity index (χ1n) is 6.33. The van der Waals surface area contributed by atoms with Gasteiger partial charge in [-0.2, -0.15) is 11.8 Å². The van der Waals surface area contributed by atoms with Crippen molar-refractivity contribution in [1.29, 1.82) is 0 Å². The fraction of sp³-hybridized carbons (Fsp3) is 0.636. The number of nitrogens with one attached hydrogen (secondary N) is 1. The summed E-state index contributed by atoms with van der Waals surface area (Å²) in [6.45, 7) is 3.56. The van der Waals surface area contributed by atoms with E-state index in [-0.39, 0.29) is 17.8 Å². The summed E-state index contributed by atoms with van der Waals surface area (Å²) in [5.74, 6) is 0.807. The van der Waals surface area contributed by atoms with E-state index in [0.29, 0.717) is 13.1 Å². The van der Waals surface area contributed by atoms with Crippen molar-refractivity contribution in [1.82, 2.24) is 25.2 Å². The number of rotatable bonds is 4. The first-order valence-corrected chi connectivity index (χ1v) is 7.49. The predicted octanol–water partition coefficient (Wildman–Crippen LogP) is 0.123. The van der Waals surface area contributed by atoms with Crippen LogP contribution in [0.2, 0.25) is 0 Å². The Labute approximate surface area is 120 Å². The molecule has 1 aliphatic heterocycles. The van der Waals surface area contributed by atoms with Gasteiger partial charge in [0.1, 0.15) is 0 Å². The number of aromatic carboxylic acids is 1. The molecular weight excluding hydrogens is 282 g/mol. The largest absolute Gasteiger partial charge is 0.476 e. The molecule has 1 aromatic heterocycles.